The highest BCUT2D eigenvalue weighted by Gasteiger charge is 2.21. The van der Waals surface area contributed by atoms with Crippen molar-refractivity contribution in [3.8, 4) is 0 Å². The highest BCUT2D eigenvalue weighted by molar-refractivity contribution is 5.14. The Morgan fingerprint density at radius 1 is 1.16 bits per heavy atom. The molecule has 3 nitrogen and oxygen atoms in total. The van der Waals surface area contributed by atoms with Crippen molar-refractivity contribution in [1.82, 2.24) is 4.90 Å². The summed E-state index contributed by atoms with van der Waals surface area (Å²) in [7, 11) is 0. The van der Waals surface area contributed by atoms with Gasteiger partial charge >= 0.3 is 0 Å². The van der Waals surface area contributed by atoms with Gasteiger partial charge in [-0.25, -0.2) is 0 Å². The van der Waals surface area contributed by atoms with E-state index >= 15 is 0 Å². The monoisotopic (exact) mass is 264 g/mol. The molecule has 1 unspecified atom stereocenters. The molecule has 3 N–H and O–H groups in total. The largest absolute Gasteiger partial charge is 0.395 e. The molecule has 0 spiro atoms. The van der Waals surface area contributed by atoms with Gasteiger partial charge in [0.25, 0.3) is 0 Å². The van der Waals surface area contributed by atoms with Gasteiger partial charge in [-0.2, -0.15) is 0 Å². The van der Waals surface area contributed by atoms with Crippen LogP contribution < -0.4 is 5.73 Å². The van der Waals surface area contributed by atoms with Crippen LogP contribution >= 0.6 is 0 Å². The molecular weight excluding hydrogens is 236 g/mol. The molecule has 108 valence electrons. The molecule has 0 aliphatic carbocycles. The molecule has 19 heavy (non-hydrogen) atoms. The van der Waals surface area contributed by atoms with E-state index in [2.05, 4.69) is 37.8 Å². The summed E-state index contributed by atoms with van der Waals surface area (Å²) in [6.07, 6.45) is 0.955. The van der Waals surface area contributed by atoms with Crippen molar-refractivity contribution in [2.75, 3.05) is 19.7 Å². The van der Waals surface area contributed by atoms with Gasteiger partial charge in [0.2, 0.25) is 0 Å². The van der Waals surface area contributed by atoms with Crippen LogP contribution in [-0.4, -0.2) is 35.7 Å². The molecule has 1 aromatic rings. The van der Waals surface area contributed by atoms with E-state index in [4.69, 9.17) is 10.8 Å². The lowest BCUT2D eigenvalue weighted by Crippen LogP contribution is -2.39. The Labute approximate surface area is 117 Å². The van der Waals surface area contributed by atoms with E-state index in [1.165, 1.54) is 5.56 Å². The fourth-order valence-electron chi connectivity index (χ4n) is 2.01. The zero-order valence-electron chi connectivity index (χ0n) is 12.5. The minimum Gasteiger partial charge on any atom is -0.395 e. The first-order chi connectivity index (χ1) is 8.93. The van der Waals surface area contributed by atoms with Crippen LogP contribution in [0.4, 0.5) is 0 Å². The number of hydrogen-bond acceptors (Lipinski definition) is 3. The van der Waals surface area contributed by atoms with Crippen LogP contribution in [0.15, 0.2) is 30.3 Å². The number of nitrogens with zero attached hydrogens (tertiary/aromatic N) is 1. The maximum Gasteiger partial charge on any atom is 0.0558 e. The lowest BCUT2D eigenvalue weighted by Gasteiger charge is -2.30. The molecular formula is C16H28N2O. The minimum atomic E-state index is 0.137. The zero-order chi connectivity index (χ0) is 14.3. The second kappa shape index (κ2) is 7.63. The number of aliphatic hydroxyl groups is 1. The summed E-state index contributed by atoms with van der Waals surface area (Å²) >= 11 is 0. The van der Waals surface area contributed by atoms with Gasteiger partial charge < -0.3 is 10.8 Å². The Morgan fingerprint density at radius 3 is 2.32 bits per heavy atom. The van der Waals surface area contributed by atoms with Crippen molar-refractivity contribution in [2.45, 2.75) is 39.8 Å². The molecule has 0 saturated carbocycles. The first-order valence-electron chi connectivity index (χ1n) is 7.06. The Bertz CT molecular complexity index is 346. The zero-order valence-corrected chi connectivity index (χ0v) is 12.5. The molecule has 1 aromatic carbocycles. The molecule has 0 heterocycles. The first kappa shape index (κ1) is 16.2. The van der Waals surface area contributed by atoms with E-state index in [0.717, 1.165) is 19.5 Å². The fraction of sp³-hybridized carbons (Fsp3) is 0.625. The van der Waals surface area contributed by atoms with Gasteiger partial charge in [0.15, 0.2) is 0 Å². The fourth-order valence-corrected chi connectivity index (χ4v) is 2.01. The van der Waals surface area contributed by atoms with Crippen molar-refractivity contribution < 1.29 is 5.11 Å². The second-order valence-corrected chi connectivity index (χ2v) is 6.25. The maximum absolute atomic E-state index is 9.17. The van der Waals surface area contributed by atoms with Crippen LogP contribution in [0.5, 0.6) is 0 Å². The molecule has 0 bridgehead atoms. The molecule has 1 rings (SSSR count). The third-order valence-electron chi connectivity index (χ3n) is 3.53. The lowest BCUT2D eigenvalue weighted by atomic mass is 9.85. The number of benzene rings is 1. The Morgan fingerprint density at radius 2 is 1.79 bits per heavy atom. The van der Waals surface area contributed by atoms with Gasteiger partial charge in [-0.15, -0.1) is 0 Å². The van der Waals surface area contributed by atoms with Gasteiger partial charge in [-0.3, -0.25) is 4.90 Å². The van der Waals surface area contributed by atoms with Crippen LogP contribution in [0.3, 0.4) is 0 Å². The molecule has 0 fully saturated rings. The van der Waals surface area contributed by atoms with Crippen molar-refractivity contribution in [1.29, 1.82) is 0 Å². The van der Waals surface area contributed by atoms with Gasteiger partial charge in [0.1, 0.15) is 0 Å². The van der Waals surface area contributed by atoms with E-state index < -0.39 is 0 Å². The molecule has 0 aliphatic rings. The van der Waals surface area contributed by atoms with Gasteiger partial charge in [0.05, 0.1) is 6.61 Å². The summed E-state index contributed by atoms with van der Waals surface area (Å²) in [5.41, 5.74) is 7.61. The van der Waals surface area contributed by atoms with E-state index in [9.17, 15) is 0 Å². The molecule has 0 aromatic heterocycles. The topological polar surface area (TPSA) is 49.5 Å². The van der Waals surface area contributed by atoms with E-state index in [0.29, 0.717) is 6.54 Å². The predicted octanol–water partition coefficient (Wildman–Crippen LogP) is 2.24. The second-order valence-electron chi connectivity index (χ2n) is 6.25. The van der Waals surface area contributed by atoms with E-state index in [1.807, 2.05) is 18.2 Å². The molecule has 1 atom stereocenters. The normalized spacial score (nSPS) is 13.8. The Hall–Kier alpha value is -0.900. The van der Waals surface area contributed by atoms with Crippen LogP contribution in [0, 0.1) is 5.41 Å². The van der Waals surface area contributed by atoms with Crippen molar-refractivity contribution >= 4 is 0 Å². The average molecular weight is 264 g/mol. The molecule has 3 heteroatoms. The minimum absolute atomic E-state index is 0.137. The molecule has 0 saturated heterocycles. The Balaban J connectivity index is 2.49. The number of rotatable bonds is 7. The Kier molecular flexibility index (Phi) is 6.49. The van der Waals surface area contributed by atoms with Crippen molar-refractivity contribution in [3.05, 3.63) is 35.9 Å². The third kappa shape index (κ3) is 6.19. The molecule has 0 amide bonds. The number of nitrogens with two attached hydrogens (primary N) is 1. The van der Waals surface area contributed by atoms with Crippen molar-refractivity contribution in [3.63, 3.8) is 0 Å². The summed E-state index contributed by atoms with van der Waals surface area (Å²) in [4.78, 5) is 2.26. The predicted molar refractivity (Wildman–Crippen MR) is 80.9 cm³/mol. The number of aliphatic hydroxyl groups excluding tert-OH is 1. The van der Waals surface area contributed by atoms with Crippen LogP contribution in [0.1, 0.15) is 32.8 Å². The van der Waals surface area contributed by atoms with Gasteiger partial charge in [0, 0.05) is 25.7 Å². The average Bonchev–Trinajstić information content (AvgIpc) is 2.36. The lowest BCUT2D eigenvalue weighted by molar-refractivity contribution is 0.175. The molecule has 0 aliphatic heterocycles. The summed E-state index contributed by atoms with van der Waals surface area (Å²) < 4.78 is 0. The summed E-state index contributed by atoms with van der Waals surface area (Å²) in [6.45, 7) is 9.21. The highest BCUT2D eigenvalue weighted by atomic mass is 16.3. The summed E-state index contributed by atoms with van der Waals surface area (Å²) in [5, 5.41) is 9.17. The third-order valence-corrected chi connectivity index (χ3v) is 3.53. The van der Waals surface area contributed by atoms with Crippen molar-refractivity contribution in [2.24, 2.45) is 11.1 Å². The first-order valence-corrected chi connectivity index (χ1v) is 7.06. The van der Waals surface area contributed by atoms with Crippen LogP contribution in [-0.2, 0) is 6.54 Å². The van der Waals surface area contributed by atoms with E-state index in [1.54, 1.807) is 0 Å². The maximum atomic E-state index is 9.17. The van der Waals surface area contributed by atoms with Gasteiger partial charge in [-0.1, -0.05) is 51.1 Å². The summed E-state index contributed by atoms with van der Waals surface area (Å²) in [5.74, 6) is 0. The van der Waals surface area contributed by atoms with Crippen LogP contribution in [0.2, 0.25) is 0 Å². The SMILES string of the molecule is CC(C)(C)C(N)CCN(CCO)Cc1ccccc1. The quantitative estimate of drug-likeness (QED) is 0.794. The van der Waals surface area contributed by atoms with Gasteiger partial charge in [-0.05, 0) is 17.4 Å². The highest BCUT2D eigenvalue weighted by Crippen LogP contribution is 2.20. The smallest absolute Gasteiger partial charge is 0.0558 e. The summed E-state index contributed by atoms with van der Waals surface area (Å²) in [6, 6.07) is 10.5. The van der Waals surface area contributed by atoms with E-state index in [-0.39, 0.29) is 18.1 Å². The number of hydrogen-bond donors (Lipinski definition) is 2. The van der Waals surface area contributed by atoms with Crippen LogP contribution in [0.25, 0.3) is 0 Å². The standard InChI is InChI=1S/C16H28N2O/c1-16(2,3)15(17)9-10-18(11-12-19)13-14-7-5-4-6-8-14/h4-8,15,19H,9-13,17H2,1-3H3. The molecule has 0 radical (unpaired) electrons.